The average Bonchev–Trinajstić information content (AvgIpc) is 2.96. The first-order valence-electron chi connectivity index (χ1n) is 7.59. The fraction of sp³-hybridized carbons (Fsp3) is 0.500. The van der Waals surface area contributed by atoms with E-state index in [-0.39, 0.29) is 18.0 Å². The summed E-state index contributed by atoms with van der Waals surface area (Å²) in [4.78, 5) is 27.6. The van der Waals surface area contributed by atoms with E-state index < -0.39 is 0 Å². The molecular formula is C16H19ClN2O3. The fourth-order valence-electron chi connectivity index (χ4n) is 3.05. The van der Waals surface area contributed by atoms with Crippen molar-refractivity contribution in [3.8, 4) is 0 Å². The van der Waals surface area contributed by atoms with Crippen LogP contribution in [-0.2, 0) is 16.0 Å². The minimum atomic E-state index is -0.217. The van der Waals surface area contributed by atoms with Crippen molar-refractivity contribution in [1.82, 2.24) is 9.80 Å². The van der Waals surface area contributed by atoms with Gasteiger partial charge in [-0.05, 0) is 30.5 Å². The van der Waals surface area contributed by atoms with Crippen LogP contribution in [0.5, 0.6) is 0 Å². The van der Waals surface area contributed by atoms with Gasteiger partial charge in [-0.3, -0.25) is 4.79 Å². The van der Waals surface area contributed by atoms with Gasteiger partial charge in [0.2, 0.25) is 5.91 Å². The maximum absolute atomic E-state index is 12.3. The number of carbonyl (C=O) groups is 2. The molecule has 1 aromatic rings. The van der Waals surface area contributed by atoms with E-state index in [1.807, 2.05) is 17.0 Å². The van der Waals surface area contributed by atoms with Crippen molar-refractivity contribution in [3.05, 3.63) is 34.9 Å². The summed E-state index contributed by atoms with van der Waals surface area (Å²) in [6.45, 7) is 2.54. The molecule has 2 saturated heterocycles. The molecule has 2 aliphatic rings. The van der Waals surface area contributed by atoms with Crippen molar-refractivity contribution in [1.29, 1.82) is 0 Å². The molecule has 0 bridgehead atoms. The normalized spacial score (nSPS) is 19.4. The molecule has 0 N–H and O–H groups in total. The number of likely N-dealkylation sites (tertiary alicyclic amines) is 1. The topological polar surface area (TPSA) is 49.9 Å². The molecule has 0 aliphatic carbocycles. The monoisotopic (exact) mass is 322 g/mol. The Bertz CT molecular complexity index is 553. The molecule has 1 aromatic carbocycles. The average molecular weight is 323 g/mol. The first kappa shape index (κ1) is 15.2. The van der Waals surface area contributed by atoms with Crippen LogP contribution in [0.2, 0.25) is 5.02 Å². The molecule has 2 heterocycles. The highest BCUT2D eigenvalue weighted by Gasteiger charge is 2.33. The molecule has 22 heavy (non-hydrogen) atoms. The van der Waals surface area contributed by atoms with E-state index in [9.17, 15) is 9.59 Å². The maximum Gasteiger partial charge on any atom is 0.410 e. The Morgan fingerprint density at radius 2 is 1.86 bits per heavy atom. The van der Waals surface area contributed by atoms with Gasteiger partial charge in [-0.15, -0.1) is 0 Å². The SMILES string of the molecule is O=C(Cc1ccc(Cl)cc1)N1CCC(N2CCOC2=O)CC1. The van der Waals surface area contributed by atoms with Crippen LogP contribution in [0, 0.1) is 0 Å². The Hall–Kier alpha value is -1.75. The van der Waals surface area contributed by atoms with Crippen molar-refractivity contribution in [2.75, 3.05) is 26.2 Å². The number of hydrogen-bond donors (Lipinski definition) is 0. The lowest BCUT2D eigenvalue weighted by atomic mass is 10.0. The van der Waals surface area contributed by atoms with Crippen LogP contribution >= 0.6 is 11.6 Å². The molecule has 0 unspecified atom stereocenters. The van der Waals surface area contributed by atoms with Gasteiger partial charge in [-0.25, -0.2) is 4.79 Å². The standard InChI is InChI=1S/C16H19ClN2O3/c17-13-3-1-12(2-4-13)11-15(20)18-7-5-14(6-8-18)19-9-10-22-16(19)21/h1-4,14H,5-11H2. The van der Waals surface area contributed by atoms with Gasteiger partial charge in [0.15, 0.2) is 0 Å². The van der Waals surface area contributed by atoms with E-state index in [1.54, 1.807) is 17.0 Å². The number of amides is 2. The Morgan fingerprint density at radius 1 is 1.18 bits per heavy atom. The number of benzene rings is 1. The second kappa shape index (κ2) is 6.57. The van der Waals surface area contributed by atoms with Gasteiger partial charge in [0.1, 0.15) is 6.61 Å². The lowest BCUT2D eigenvalue weighted by Gasteiger charge is -2.35. The van der Waals surface area contributed by atoms with E-state index in [2.05, 4.69) is 0 Å². The van der Waals surface area contributed by atoms with Crippen LogP contribution in [0.1, 0.15) is 18.4 Å². The number of rotatable bonds is 3. The van der Waals surface area contributed by atoms with Crippen LogP contribution in [0.25, 0.3) is 0 Å². The van der Waals surface area contributed by atoms with Crippen LogP contribution in [0.15, 0.2) is 24.3 Å². The molecule has 0 atom stereocenters. The number of piperidine rings is 1. The van der Waals surface area contributed by atoms with E-state index in [0.717, 1.165) is 18.4 Å². The molecule has 6 heteroatoms. The summed E-state index contributed by atoms with van der Waals surface area (Å²) in [5, 5.41) is 0.675. The molecule has 0 saturated carbocycles. The molecule has 0 radical (unpaired) electrons. The predicted molar refractivity (Wildman–Crippen MR) is 82.8 cm³/mol. The molecule has 5 nitrogen and oxygen atoms in total. The summed E-state index contributed by atoms with van der Waals surface area (Å²) in [5.74, 6) is 0.129. The minimum absolute atomic E-state index is 0.129. The highest BCUT2D eigenvalue weighted by atomic mass is 35.5. The Kier molecular flexibility index (Phi) is 4.52. The Labute approximate surface area is 134 Å². The Morgan fingerprint density at radius 3 is 2.45 bits per heavy atom. The third kappa shape index (κ3) is 3.35. The molecular weight excluding hydrogens is 304 g/mol. The van der Waals surface area contributed by atoms with E-state index in [4.69, 9.17) is 16.3 Å². The smallest absolute Gasteiger partial charge is 0.410 e. The number of cyclic esters (lactones) is 1. The van der Waals surface area contributed by atoms with Crippen LogP contribution in [-0.4, -0.2) is 54.1 Å². The highest BCUT2D eigenvalue weighted by molar-refractivity contribution is 6.30. The largest absolute Gasteiger partial charge is 0.448 e. The van der Waals surface area contributed by atoms with Crippen molar-refractivity contribution >= 4 is 23.6 Å². The van der Waals surface area contributed by atoms with Crippen molar-refractivity contribution in [2.45, 2.75) is 25.3 Å². The van der Waals surface area contributed by atoms with E-state index in [0.29, 0.717) is 37.7 Å². The zero-order valence-corrected chi connectivity index (χ0v) is 13.1. The van der Waals surface area contributed by atoms with Gasteiger partial charge in [-0.2, -0.15) is 0 Å². The third-order valence-electron chi connectivity index (χ3n) is 4.32. The first-order valence-corrected chi connectivity index (χ1v) is 7.97. The van der Waals surface area contributed by atoms with Gasteiger partial charge in [0.25, 0.3) is 0 Å². The molecule has 2 fully saturated rings. The third-order valence-corrected chi connectivity index (χ3v) is 4.57. The molecule has 3 rings (SSSR count). The van der Waals surface area contributed by atoms with Gasteiger partial charge in [-0.1, -0.05) is 23.7 Å². The second-order valence-corrected chi connectivity index (χ2v) is 6.16. The molecule has 2 aliphatic heterocycles. The van der Waals surface area contributed by atoms with Crippen LogP contribution in [0.3, 0.4) is 0 Å². The van der Waals surface area contributed by atoms with Crippen molar-refractivity contribution in [2.24, 2.45) is 0 Å². The number of nitrogens with zero attached hydrogens (tertiary/aromatic N) is 2. The lowest BCUT2D eigenvalue weighted by Crippen LogP contribution is -2.47. The minimum Gasteiger partial charge on any atom is -0.448 e. The van der Waals surface area contributed by atoms with Crippen LogP contribution in [0.4, 0.5) is 4.79 Å². The highest BCUT2D eigenvalue weighted by Crippen LogP contribution is 2.20. The van der Waals surface area contributed by atoms with Crippen molar-refractivity contribution in [3.63, 3.8) is 0 Å². The predicted octanol–water partition coefficient (Wildman–Crippen LogP) is 2.33. The first-order chi connectivity index (χ1) is 10.6. The van der Waals surface area contributed by atoms with Gasteiger partial charge < -0.3 is 14.5 Å². The number of ether oxygens (including phenoxy) is 1. The summed E-state index contributed by atoms with van der Waals surface area (Å²) in [5.41, 5.74) is 0.972. The lowest BCUT2D eigenvalue weighted by molar-refractivity contribution is -0.131. The summed E-state index contributed by atoms with van der Waals surface area (Å²) in [6.07, 6.45) is 1.82. The van der Waals surface area contributed by atoms with Crippen molar-refractivity contribution < 1.29 is 14.3 Å². The number of hydrogen-bond acceptors (Lipinski definition) is 3. The molecule has 2 amide bonds. The number of halogens is 1. The zero-order valence-electron chi connectivity index (χ0n) is 12.3. The molecule has 118 valence electrons. The fourth-order valence-corrected chi connectivity index (χ4v) is 3.18. The summed E-state index contributed by atoms with van der Waals surface area (Å²) < 4.78 is 4.98. The zero-order chi connectivity index (χ0) is 15.5. The van der Waals surface area contributed by atoms with Gasteiger partial charge >= 0.3 is 6.09 Å². The second-order valence-electron chi connectivity index (χ2n) is 5.72. The summed E-state index contributed by atoms with van der Waals surface area (Å²) >= 11 is 5.85. The van der Waals surface area contributed by atoms with E-state index >= 15 is 0 Å². The maximum atomic E-state index is 12.3. The summed E-state index contributed by atoms with van der Waals surface area (Å²) in [7, 11) is 0. The van der Waals surface area contributed by atoms with Gasteiger partial charge in [0.05, 0.1) is 13.0 Å². The molecule has 0 aromatic heterocycles. The van der Waals surface area contributed by atoms with Crippen LogP contribution < -0.4 is 0 Å². The van der Waals surface area contributed by atoms with Gasteiger partial charge in [0, 0.05) is 24.2 Å². The van der Waals surface area contributed by atoms with E-state index in [1.165, 1.54) is 0 Å². The quantitative estimate of drug-likeness (QED) is 0.858. The molecule has 0 spiro atoms. The summed E-state index contributed by atoms with van der Waals surface area (Å²) in [6, 6.07) is 7.57. The number of carbonyl (C=O) groups excluding carboxylic acids is 2. The Balaban J connectivity index is 1.51.